The number of rotatable bonds is 4. The van der Waals surface area contributed by atoms with E-state index in [-0.39, 0.29) is 0 Å². The first-order valence-electron chi connectivity index (χ1n) is 5.93. The van der Waals surface area contributed by atoms with Crippen molar-refractivity contribution in [3.63, 3.8) is 0 Å². The van der Waals surface area contributed by atoms with Crippen LogP contribution in [0.1, 0.15) is 38.5 Å². The number of nitrogens with zero attached hydrogens (tertiary/aromatic N) is 1. The van der Waals surface area contributed by atoms with Crippen LogP contribution >= 0.6 is 0 Å². The number of nitrogens with one attached hydrogen (secondary N) is 1. The molecule has 0 aromatic rings. The van der Waals surface area contributed by atoms with Crippen molar-refractivity contribution in [1.82, 2.24) is 5.32 Å². The van der Waals surface area contributed by atoms with Crippen LogP contribution in [0.4, 0.5) is 0 Å². The highest BCUT2D eigenvalue weighted by Crippen LogP contribution is 2.44. The predicted molar refractivity (Wildman–Crippen MR) is 57.0 cm³/mol. The van der Waals surface area contributed by atoms with E-state index in [0.717, 1.165) is 11.8 Å². The van der Waals surface area contributed by atoms with Crippen molar-refractivity contribution in [2.45, 2.75) is 50.6 Å². The first-order valence-corrected chi connectivity index (χ1v) is 5.93. The van der Waals surface area contributed by atoms with Crippen molar-refractivity contribution in [3.05, 3.63) is 0 Å². The Morgan fingerprint density at radius 1 is 1.07 bits per heavy atom. The summed E-state index contributed by atoms with van der Waals surface area (Å²) >= 11 is 0. The highest BCUT2D eigenvalue weighted by molar-refractivity contribution is 5.78. The van der Waals surface area contributed by atoms with E-state index in [9.17, 15) is 0 Å². The van der Waals surface area contributed by atoms with Crippen LogP contribution in [0.15, 0.2) is 4.99 Å². The summed E-state index contributed by atoms with van der Waals surface area (Å²) in [4.78, 5) is 4.43. The second-order valence-corrected chi connectivity index (χ2v) is 5.09. The van der Waals surface area contributed by atoms with Gasteiger partial charge in [0.2, 0.25) is 0 Å². The molecule has 3 N–H and O–H groups in total. The van der Waals surface area contributed by atoms with Crippen LogP contribution in [0.25, 0.3) is 0 Å². The Kier molecular flexibility index (Phi) is 1.92. The van der Waals surface area contributed by atoms with E-state index in [1.165, 1.54) is 38.5 Å². The van der Waals surface area contributed by atoms with Gasteiger partial charge in [-0.25, -0.2) is 0 Å². The van der Waals surface area contributed by atoms with Gasteiger partial charge in [0, 0.05) is 6.04 Å². The van der Waals surface area contributed by atoms with Gasteiger partial charge in [-0.1, -0.05) is 0 Å². The average molecular weight is 193 g/mol. The molecule has 14 heavy (non-hydrogen) atoms. The predicted octanol–water partition coefficient (Wildman–Crippen LogP) is 1.24. The smallest absolute Gasteiger partial charge is 0.189 e. The molecule has 0 aromatic heterocycles. The van der Waals surface area contributed by atoms with E-state index in [2.05, 4.69) is 10.3 Å². The van der Waals surface area contributed by atoms with Crippen LogP contribution in [0.2, 0.25) is 0 Å². The maximum absolute atomic E-state index is 5.89. The molecule has 0 saturated heterocycles. The lowest BCUT2D eigenvalue weighted by Crippen LogP contribution is -2.42. The Morgan fingerprint density at radius 2 is 1.64 bits per heavy atom. The highest BCUT2D eigenvalue weighted by Gasteiger charge is 2.41. The SMILES string of the molecule is NC(=NC1CC1)NC(C1CC1)C1CC1. The van der Waals surface area contributed by atoms with Gasteiger partial charge in [0.05, 0.1) is 6.04 Å². The summed E-state index contributed by atoms with van der Waals surface area (Å²) in [5.41, 5.74) is 5.89. The van der Waals surface area contributed by atoms with Crippen molar-refractivity contribution in [2.24, 2.45) is 22.6 Å². The van der Waals surface area contributed by atoms with Crippen LogP contribution in [0, 0.1) is 11.8 Å². The van der Waals surface area contributed by atoms with Gasteiger partial charge in [0.1, 0.15) is 0 Å². The number of guanidine groups is 1. The fraction of sp³-hybridized carbons (Fsp3) is 0.909. The monoisotopic (exact) mass is 193 g/mol. The Hall–Kier alpha value is -0.730. The fourth-order valence-electron chi connectivity index (χ4n) is 2.14. The fourth-order valence-corrected chi connectivity index (χ4v) is 2.14. The molecule has 3 rings (SSSR count). The third-order valence-corrected chi connectivity index (χ3v) is 3.44. The minimum absolute atomic E-state index is 0.543. The molecular formula is C11H19N3. The van der Waals surface area contributed by atoms with Crippen LogP contribution < -0.4 is 11.1 Å². The topological polar surface area (TPSA) is 50.4 Å². The maximum Gasteiger partial charge on any atom is 0.189 e. The largest absolute Gasteiger partial charge is 0.370 e. The van der Waals surface area contributed by atoms with Crippen molar-refractivity contribution in [1.29, 1.82) is 0 Å². The van der Waals surface area contributed by atoms with Gasteiger partial charge in [0.15, 0.2) is 5.96 Å². The van der Waals surface area contributed by atoms with Gasteiger partial charge in [0.25, 0.3) is 0 Å². The summed E-state index contributed by atoms with van der Waals surface area (Å²) in [5, 5.41) is 3.44. The average Bonchev–Trinajstić information content (AvgIpc) is 2.95. The molecule has 0 unspecified atom stereocenters. The molecule has 3 nitrogen and oxygen atoms in total. The molecule has 0 atom stereocenters. The maximum atomic E-state index is 5.89. The van der Waals surface area contributed by atoms with Crippen molar-refractivity contribution in [3.8, 4) is 0 Å². The number of hydrogen-bond acceptors (Lipinski definition) is 1. The van der Waals surface area contributed by atoms with Gasteiger partial charge in [-0.15, -0.1) is 0 Å². The first kappa shape index (κ1) is 8.57. The number of nitrogens with two attached hydrogens (primary N) is 1. The highest BCUT2D eigenvalue weighted by atomic mass is 15.1. The molecule has 0 amide bonds. The zero-order valence-corrected chi connectivity index (χ0v) is 8.58. The molecular weight excluding hydrogens is 174 g/mol. The second-order valence-electron chi connectivity index (χ2n) is 5.09. The Balaban J connectivity index is 1.56. The van der Waals surface area contributed by atoms with Crippen LogP contribution in [0.3, 0.4) is 0 Å². The van der Waals surface area contributed by atoms with Crippen LogP contribution in [-0.4, -0.2) is 18.0 Å². The van der Waals surface area contributed by atoms with Crippen LogP contribution in [-0.2, 0) is 0 Å². The number of aliphatic imine (C=N–C) groups is 1. The molecule has 3 aliphatic carbocycles. The summed E-state index contributed by atoms with van der Waals surface area (Å²) in [6, 6.07) is 1.19. The van der Waals surface area contributed by atoms with Gasteiger partial charge in [-0.3, -0.25) is 4.99 Å². The first-order chi connectivity index (χ1) is 6.83. The standard InChI is InChI=1S/C11H19N3/c12-11(13-9-5-6-9)14-10(7-1-2-7)8-3-4-8/h7-10H,1-6H2,(H3,12,13,14). The van der Waals surface area contributed by atoms with Gasteiger partial charge < -0.3 is 11.1 Å². The lowest BCUT2D eigenvalue weighted by Gasteiger charge is -2.17. The molecule has 3 saturated carbocycles. The zero-order chi connectivity index (χ0) is 9.54. The molecule has 0 bridgehead atoms. The van der Waals surface area contributed by atoms with Crippen LogP contribution in [0.5, 0.6) is 0 Å². The van der Waals surface area contributed by atoms with Crippen molar-refractivity contribution in [2.75, 3.05) is 0 Å². The lowest BCUT2D eigenvalue weighted by atomic mass is 10.1. The van der Waals surface area contributed by atoms with Crippen molar-refractivity contribution >= 4 is 5.96 Å². The molecule has 0 aliphatic heterocycles. The summed E-state index contributed by atoms with van der Waals surface area (Å²) in [5.74, 6) is 2.50. The van der Waals surface area contributed by atoms with Gasteiger partial charge in [-0.05, 0) is 50.4 Å². The molecule has 0 radical (unpaired) electrons. The molecule has 0 heterocycles. The van der Waals surface area contributed by atoms with E-state index >= 15 is 0 Å². The third-order valence-electron chi connectivity index (χ3n) is 3.44. The summed E-state index contributed by atoms with van der Waals surface area (Å²) in [6.07, 6.45) is 8.05. The normalized spacial score (nSPS) is 28.2. The molecule has 3 fully saturated rings. The summed E-state index contributed by atoms with van der Waals surface area (Å²) in [7, 11) is 0. The quantitative estimate of drug-likeness (QED) is 0.521. The Bertz CT molecular complexity index is 237. The molecule has 0 spiro atoms. The number of hydrogen-bond donors (Lipinski definition) is 2. The van der Waals surface area contributed by atoms with E-state index in [1.54, 1.807) is 0 Å². The van der Waals surface area contributed by atoms with Gasteiger partial charge in [-0.2, -0.15) is 0 Å². The van der Waals surface area contributed by atoms with Crippen molar-refractivity contribution < 1.29 is 0 Å². The Morgan fingerprint density at radius 3 is 2.07 bits per heavy atom. The minimum Gasteiger partial charge on any atom is -0.370 e. The molecule has 3 heteroatoms. The van der Waals surface area contributed by atoms with E-state index in [0.29, 0.717) is 18.0 Å². The second kappa shape index (κ2) is 3.14. The minimum atomic E-state index is 0.543. The molecule has 78 valence electrons. The van der Waals surface area contributed by atoms with Gasteiger partial charge >= 0.3 is 0 Å². The summed E-state index contributed by atoms with van der Waals surface area (Å²) < 4.78 is 0. The Labute approximate surface area is 85.2 Å². The van der Waals surface area contributed by atoms with E-state index in [1.807, 2.05) is 0 Å². The lowest BCUT2D eigenvalue weighted by molar-refractivity contribution is 0.479. The van der Waals surface area contributed by atoms with E-state index < -0.39 is 0 Å². The van der Waals surface area contributed by atoms with E-state index in [4.69, 9.17) is 5.73 Å². The summed E-state index contributed by atoms with van der Waals surface area (Å²) in [6.45, 7) is 0. The third kappa shape index (κ3) is 2.02. The molecule has 3 aliphatic rings. The zero-order valence-electron chi connectivity index (χ0n) is 8.58. The molecule has 0 aromatic carbocycles.